The van der Waals surface area contributed by atoms with Gasteiger partial charge in [-0.15, -0.1) is 0 Å². The third-order valence-electron chi connectivity index (χ3n) is 1.75. The summed E-state index contributed by atoms with van der Waals surface area (Å²) in [7, 11) is 3.40. The van der Waals surface area contributed by atoms with Crippen molar-refractivity contribution in [2.75, 3.05) is 31.3 Å². The molecular weight excluding hydrogens is 180 g/mol. The standard InChI is InChI=1S/C9H14N4O/c1-10-8-5-7(3-4-12-8)13-6-9(14)11-2/h3-5H,6H2,1-2H3,(H,11,14)(H2,10,12,13). The van der Waals surface area contributed by atoms with Gasteiger partial charge in [-0.05, 0) is 6.07 Å². The number of likely N-dealkylation sites (N-methyl/N-ethyl adjacent to an activating group) is 1. The van der Waals surface area contributed by atoms with E-state index in [0.717, 1.165) is 11.5 Å². The van der Waals surface area contributed by atoms with Crippen LogP contribution in [0.2, 0.25) is 0 Å². The Labute approximate surface area is 82.9 Å². The first-order valence-corrected chi connectivity index (χ1v) is 4.34. The van der Waals surface area contributed by atoms with Crippen molar-refractivity contribution in [2.24, 2.45) is 0 Å². The Morgan fingerprint density at radius 2 is 2.29 bits per heavy atom. The molecule has 5 heteroatoms. The minimum Gasteiger partial charge on any atom is -0.376 e. The van der Waals surface area contributed by atoms with E-state index >= 15 is 0 Å². The molecule has 0 aliphatic rings. The van der Waals surface area contributed by atoms with Gasteiger partial charge in [-0.25, -0.2) is 4.98 Å². The van der Waals surface area contributed by atoms with Crippen molar-refractivity contribution in [1.82, 2.24) is 10.3 Å². The normalized spacial score (nSPS) is 9.29. The molecule has 1 aromatic rings. The topological polar surface area (TPSA) is 66.0 Å². The van der Waals surface area contributed by atoms with Crippen molar-refractivity contribution in [3.8, 4) is 0 Å². The zero-order valence-electron chi connectivity index (χ0n) is 8.29. The highest BCUT2D eigenvalue weighted by molar-refractivity contribution is 5.80. The lowest BCUT2D eigenvalue weighted by atomic mass is 10.4. The van der Waals surface area contributed by atoms with Crippen LogP contribution in [0.1, 0.15) is 0 Å². The minimum atomic E-state index is -0.0483. The first-order valence-electron chi connectivity index (χ1n) is 4.34. The SMILES string of the molecule is CNC(=O)CNc1ccnc(NC)c1. The van der Waals surface area contributed by atoms with E-state index in [1.807, 2.05) is 12.1 Å². The zero-order chi connectivity index (χ0) is 10.4. The Morgan fingerprint density at radius 1 is 1.50 bits per heavy atom. The maximum absolute atomic E-state index is 10.9. The van der Waals surface area contributed by atoms with Gasteiger partial charge in [-0.3, -0.25) is 4.79 Å². The number of carbonyl (C=O) groups excluding carboxylic acids is 1. The molecule has 0 atom stereocenters. The van der Waals surface area contributed by atoms with Crippen molar-refractivity contribution >= 4 is 17.4 Å². The monoisotopic (exact) mass is 194 g/mol. The second-order valence-electron chi connectivity index (χ2n) is 2.71. The lowest BCUT2D eigenvalue weighted by molar-refractivity contribution is -0.118. The van der Waals surface area contributed by atoms with Crippen LogP contribution < -0.4 is 16.0 Å². The average molecular weight is 194 g/mol. The number of nitrogens with one attached hydrogen (secondary N) is 3. The van der Waals surface area contributed by atoms with E-state index in [9.17, 15) is 4.79 Å². The van der Waals surface area contributed by atoms with E-state index in [1.54, 1.807) is 20.3 Å². The van der Waals surface area contributed by atoms with Crippen LogP contribution in [0.15, 0.2) is 18.3 Å². The van der Waals surface area contributed by atoms with Crippen molar-refractivity contribution < 1.29 is 4.79 Å². The molecule has 0 unspecified atom stereocenters. The Morgan fingerprint density at radius 3 is 2.93 bits per heavy atom. The second-order valence-corrected chi connectivity index (χ2v) is 2.71. The van der Waals surface area contributed by atoms with Crippen LogP contribution in [-0.2, 0) is 4.79 Å². The van der Waals surface area contributed by atoms with Crippen molar-refractivity contribution in [2.45, 2.75) is 0 Å². The van der Waals surface area contributed by atoms with Gasteiger partial charge in [0, 0.05) is 32.0 Å². The Balaban J connectivity index is 2.54. The Hall–Kier alpha value is -1.78. The van der Waals surface area contributed by atoms with E-state index in [0.29, 0.717) is 0 Å². The number of pyridine rings is 1. The molecule has 0 spiro atoms. The molecular formula is C9H14N4O. The molecule has 0 saturated carbocycles. The second kappa shape index (κ2) is 5.06. The summed E-state index contributed by atoms with van der Waals surface area (Å²) < 4.78 is 0. The van der Waals surface area contributed by atoms with Gasteiger partial charge in [-0.1, -0.05) is 0 Å². The fourth-order valence-electron chi connectivity index (χ4n) is 0.948. The van der Waals surface area contributed by atoms with E-state index in [4.69, 9.17) is 0 Å². The van der Waals surface area contributed by atoms with Gasteiger partial charge in [0.05, 0.1) is 6.54 Å². The summed E-state index contributed by atoms with van der Waals surface area (Å²) in [6, 6.07) is 3.65. The molecule has 0 bridgehead atoms. The molecule has 14 heavy (non-hydrogen) atoms. The molecule has 1 heterocycles. The molecule has 0 fully saturated rings. The molecule has 0 aliphatic carbocycles. The molecule has 5 nitrogen and oxygen atoms in total. The first-order chi connectivity index (χ1) is 6.76. The van der Waals surface area contributed by atoms with Crippen LogP contribution in [0.5, 0.6) is 0 Å². The molecule has 76 valence electrons. The number of aromatic nitrogens is 1. The number of anilines is 2. The van der Waals surface area contributed by atoms with Gasteiger partial charge in [-0.2, -0.15) is 0 Å². The van der Waals surface area contributed by atoms with Crippen LogP contribution in [0.3, 0.4) is 0 Å². The molecule has 1 aromatic heterocycles. The molecule has 3 N–H and O–H groups in total. The third kappa shape index (κ3) is 2.93. The van der Waals surface area contributed by atoms with Gasteiger partial charge < -0.3 is 16.0 Å². The molecule has 1 rings (SSSR count). The largest absolute Gasteiger partial charge is 0.376 e. The molecule has 0 saturated heterocycles. The minimum absolute atomic E-state index is 0.0483. The van der Waals surface area contributed by atoms with E-state index in [1.165, 1.54) is 0 Å². The zero-order valence-corrected chi connectivity index (χ0v) is 8.29. The van der Waals surface area contributed by atoms with Gasteiger partial charge in [0.1, 0.15) is 5.82 Å². The molecule has 0 aromatic carbocycles. The van der Waals surface area contributed by atoms with Gasteiger partial charge in [0.2, 0.25) is 5.91 Å². The highest BCUT2D eigenvalue weighted by Gasteiger charge is 1.98. The van der Waals surface area contributed by atoms with E-state index in [2.05, 4.69) is 20.9 Å². The van der Waals surface area contributed by atoms with E-state index in [-0.39, 0.29) is 12.5 Å². The van der Waals surface area contributed by atoms with E-state index < -0.39 is 0 Å². The third-order valence-corrected chi connectivity index (χ3v) is 1.75. The summed E-state index contributed by atoms with van der Waals surface area (Å²) in [5.41, 5.74) is 0.868. The quantitative estimate of drug-likeness (QED) is 0.644. The number of hydrogen-bond acceptors (Lipinski definition) is 4. The summed E-state index contributed by atoms with van der Waals surface area (Å²) in [6.45, 7) is 0.268. The fraction of sp³-hybridized carbons (Fsp3) is 0.333. The average Bonchev–Trinajstić information content (AvgIpc) is 2.26. The van der Waals surface area contributed by atoms with Crippen molar-refractivity contribution in [3.05, 3.63) is 18.3 Å². The summed E-state index contributed by atoms with van der Waals surface area (Å²) in [5.74, 6) is 0.722. The highest BCUT2D eigenvalue weighted by atomic mass is 16.1. The number of carbonyl (C=O) groups is 1. The summed E-state index contributed by atoms with van der Waals surface area (Å²) in [4.78, 5) is 15.0. The van der Waals surface area contributed by atoms with Crippen LogP contribution in [-0.4, -0.2) is 31.5 Å². The number of rotatable bonds is 4. The lowest BCUT2D eigenvalue weighted by Gasteiger charge is -2.06. The maximum atomic E-state index is 10.9. The van der Waals surface area contributed by atoms with Crippen LogP contribution >= 0.6 is 0 Å². The van der Waals surface area contributed by atoms with Crippen molar-refractivity contribution in [3.63, 3.8) is 0 Å². The van der Waals surface area contributed by atoms with Crippen molar-refractivity contribution in [1.29, 1.82) is 0 Å². The van der Waals surface area contributed by atoms with Gasteiger partial charge in [0.25, 0.3) is 0 Å². The summed E-state index contributed by atoms with van der Waals surface area (Å²) >= 11 is 0. The number of amides is 1. The molecule has 0 aliphatic heterocycles. The van der Waals surface area contributed by atoms with Gasteiger partial charge in [0.15, 0.2) is 0 Å². The number of hydrogen-bond donors (Lipinski definition) is 3. The Kier molecular flexibility index (Phi) is 3.72. The maximum Gasteiger partial charge on any atom is 0.239 e. The lowest BCUT2D eigenvalue weighted by Crippen LogP contribution is -2.26. The number of nitrogens with zero attached hydrogens (tertiary/aromatic N) is 1. The summed E-state index contributed by atoms with van der Waals surface area (Å²) in [5, 5.41) is 8.43. The predicted octanol–water partition coefficient (Wildman–Crippen LogP) is 0.281. The van der Waals surface area contributed by atoms with Crippen LogP contribution in [0.25, 0.3) is 0 Å². The highest BCUT2D eigenvalue weighted by Crippen LogP contribution is 2.10. The van der Waals surface area contributed by atoms with Crippen LogP contribution in [0.4, 0.5) is 11.5 Å². The fourth-order valence-corrected chi connectivity index (χ4v) is 0.948. The first kappa shape index (κ1) is 10.3. The predicted molar refractivity (Wildman–Crippen MR) is 56.3 cm³/mol. The smallest absolute Gasteiger partial charge is 0.239 e. The van der Waals surface area contributed by atoms with Gasteiger partial charge >= 0.3 is 0 Å². The molecule has 1 amide bonds. The Bertz CT molecular complexity index is 313. The molecule has 0 radical (unpaired) electrons. The van der Waals surface area contributed by atoms with Crippen LogP contribution in [0, 0.1) is 0 Å². The summed E-state index contributed by atoms with van der Waals surface area (Å²) in [6.07, 6.45) is 1.68.